The Morgan fingerprint density at radius 3 is 3.00 bits per heavy atom. The molecule has 1 aliphatic rings. The first-order chi connectivity index (χ1) is 9.62. The summed E-state index contributed by atoms with van der Waals surface area (Å²) >= 11 is 0. The number of aromatic nitrogens is 2. The Morgan fingerprint density at radius 1 is 1.50 bits per heavy atom. The smallest absolute Gasteiger partial charge is 0.308 e. The molecular formula is C13H19N3O4. The predicted octanol–water partition coefficient (Wildman–Crippen LogP) is 0.562. The predicted molar refractivity (Wildman–Crippen MR) is 71.9 cm³/mol. The summed E-state index contributed by atoms with van der Waals surface area (Å²) in [5.74, 6) is 1.69. The second kappa shape index (κ2) is 6.51. The van der Waals surface area contributed by atoms with E-state index < -0.39 is 0 Å². The summed E-state index contributed by atoms with van der Waals surface area (Å²) in [6, 6.07) is 1.79. The Labute approximate surface area is 117 Å². The second-order valence-corrected chi connectivity index (χ2v) is 4.53. The number of nitrogens with zero attached hydrogens (tertiary/aromatic N) is 3. The molecular weight excluding hydrogens is 262 g/mol. The Kier molecular flexibility index (Phi) is 4.73. The van der Waals surface area contributed by atoms with Gasteiger partial charge in [0.1, 0.15) is 11.6 Å². The van der Waals surface area contributed by atoms with Gasteiger partial charge < -0.3 is 19.1 Å². The molecule has 1 fully saturated rings. The molecule has 1 aliphatic heterocycles. The van der Waals surface area contributed by atoms with Crippen molar-refractivity contribution < 1.29 is 19.0 Å². The van der Waals surface area contributed by atoms with E-state index in [1.54, 1.807) is 13.2 Å². The monoisotopic (exact) mass is 281 g/mol. The minimum Gasteiger partial charge on any atom is -0.481 e. The van der Waals surface area contributed by atoms with Crippen molar-refractivity contribution in [3.63, 3.8) is 0 Å². The molecule has 0 aromatic carbocycles. The van der Waals surface area contributed by atoms with Crippen LogP contribution in [0, 0.1) is 6.92 Å². The van der Waals surface area contributed by atoms with Crippen molar-refractivity contribution >= 4 is 11.8 Å². The van der Waals surface area contributed by atoms with Crippen molar-refractivity contribution in [1.29, 1.82) is 0 Å². The fraction of sp³-hybridized carbons (Fsp3) is 0.615. The molecule has 0 amide bonds. The fourth-order valence-electron chi connectivity index (χ4n) is 2.11. The normalized spacial score (nSPS) is 18.8. The SMILES string of the molecule is COC(=O)CC1CN(c2cc(OC)nc(C)n2)CCO1. The minimum atomic E-state index is -0.270. The Balaban J connectivity index is 2.08. The van der Waals surface area contributed by atoms with Gasteiger partial charge in [0.25, 0.3) is 0 Å². The summed E-state index contributed by atoms with van der Waals surface area (Å²) in [6.07, 6.45) is 0.0613. The first-order valence-electron chi connectivity index (χ1n) is 6.45. The Hall–Kier alpha value is -1.89. The van der Waals surface area contributed by atoms with E-state index in [1.807, 2.05) is 6.92 Å². The van der Waals surface area contributed by atoms with E-state index in [0.29, 0.717) is 24.9 Å². The summed E-state index contributed by atoms with van der Waals surface area (Å²) in [4.78, 5) is 21.9. The summed E-state index contributed by atoms with van der Waals surface area (Å²) in [6.45, 7) is 3.68. The molecule has 7 heteroatoms. The maximum atomic E-state index is 11.3. The maximum absolute atomic E-state index is 11.3. The maximum Gasteiger partial charge on any atom is 0.308 e. The van der Waals surface area contributed by atoms with E-state index in [4.69, 9.17) is 9.47 Å². The van der Waals surface area contributed by atoms with Crippen LogP contribution in [0.5, 0.6) is 5.88 Å². The molecule has 0 aliphatic carbocycles. The zero-order chi connectivity index (χ0) is 14.5. The summed E-state index contributed by atoms with van der Waals surface area (Å²) < 4.78 is 15.4. The highest BCUT2D eigenvalue weighted by atomic mass is 16.5. The van der Waals surface area contributed by atoms with Crippen LogP contribution in [0.4, 0.5) is 5.82 Å². The van der Waals surface area contributed by atoms with Crippen LogP contribution in [-0.2, 0) is 14.3 Å². The lowest BCUT2D eigenvalue weighted by atomic mass is 10.2. The third-order valence-electron chi connectivity index (χ3n) is 3.09. The van der Waals surface area contributed by atoms with Crippen molar-refractivity contribution in [2.45, 2.75) is 19.4 Å². The number of aryl methyl sites for hydroxylation is 1. The van der Waals surface area contributed by atoms with Crippen LogP contribution in [0.25, 0.3) is 0 Å². The lowest BCUT2D eigenvalue weighted by molar-refractivity contribution is -0.144. The highest BCUT2D eigenvalue weighted by Gasteiger charge is 2.24. The summed E-state index contributed by atoms with van der Waals surface area (Å²) in [5.41, 5.74) is 0. The minimum absolute atomic E-state index is 0.183. The van der Waals surface area contributed by atoms with Gasteiger partial charge in [-0.25, -0.2) is 4.98 Å². The molecule has 1 saturated heterocycles. The lowest BCUT2D eigenvalue weighted by Crippen LogP contribution is -2.44. The van der Waals surface area contributed by atoms with Gasteiger partial charge in [-0.3, -0.25) is 4.79 Å². The van der Waals surface area contributed by atoms with Crippen LogP contribution in [-0.4, -0.2) is 56.0 Å². The number of carbonyl (C=O) groups is 1. The Bertz CT molecular complexity index is 481. The number of rotatable bonds is 4. The van der Waals surface area contributed by atoms with E-state index in [-0.39, 0.29) is 18.5 Å². The number of morpholine rings is 1. The lowest BCUT2D eigenvalue weighted by Gasteiger charge is -2.33. The highest BCUT2D eigenvalue weighted by Crippen LogP contribution is 2.20. The van der Waals surface area contributed by atoms with E-state index in [2.05, 4.69) is 19.6 Å². The van der Waals surface area contributed by atoms with Crippen LogP contribution in [0.3, 0.4) is 0 Å². The van der Waals surface area contributed by atoms with E-state index >= 15 is 0 Å². The van der Waals surface area contributed by atoms with Gasteiger partial charge in [-0.15, -0.1) is 0 Å². The average Bonchev–Trinajstić information content (AvgIpc) is 2.46. The molecule has 7 nitrogen and oxygen atoms in total. The number of anilines is 1. The summed E-state index contributed by atoms with van der Waals surface area (Å²) in [7, 11) is 2.95. The van der Waals surface area contributed by atoms with Gasteiger partial charge in [0, 0.05) is 19.2 Å². The van der Waals surface area contributed by atoms with Gasteiger partial charge in [-0.1, -0.05) is 0 Å². The van der Waals surface area contributed by atoms with Crippen LogP contribution in [0.2, 0.25) is 0 Å². The molecule has 0 radical (unpaired) electrons. The van der Waals surface area contributed by atoms with Gasteiger partial charge in [0.05, 0.1) is 33.4 Å². The molecule has 0 spiro atoms. The molecule has 1 atom stereocenters. The molecule has 110 valence electrons. The van der Waals surface area contributed by atoms with E-state index in [0.717, 1.165) is 12.4 Å². The topological polar surface area (TPSA) is 73.8 Å². The zero-order valence-electron chi connectivity index (χ0n) is 12.0. The largest absolute Gasteiger partial charge is 0.481 e. The number of esters is 1. The molecule has 1 unspecified atom stereocenters. The van der Waals surface area contributed by atoms with Gasteiger partial charge in [-0.2, -0.15) is 4.98 Å². The third kappa shape index (κ3) is 3.57. The molecule has 20 heavy (non-hydrogen) atoms. The van der Waals surface area contributed by atoms with Gasteiger partial charge in [0.2, 0.25) is 5.88 Å². The number of methoxy groups -OCH3 is 2. The number of hydrogen-bond donors (Lipinski definition) is 0. The molecule has 1 aromatic rings. The van der Waals surface area contributed by atoms with E-state index in [1.165, 1.54) is 7.11 Å². The Morgan fingerprint density at radius 2 is 2.30 bits per heavy atom. The first-order valence-corrected chi connectivity index (χ1v) is 6.45. The molecule has 1 aromatic heterocycles. The third-order valence-corrected chi connectivity index (χ3v) is 3.09. The van der Waals surface area contributed by atoms with Gasteiger partial charge >= 0.3 is 5.97 Å². The molecule has 2 heterocycles. The van der Waals surface area contributed by atoms with Crippen LogP contribution in [0.1, 0.15) is 12.2 Å². The van der Waals surface area contributed by atoms with Crippen LogP contribution < -0.4 is 9.64 Å². The van der Waals surface area contributed by atoms with Crippen LogP contribution >= 0.6 is 0 Å². The summed E-state index contributed by atoms with van der Waals surface area (Å²) in [5, 5.41) is 0. The van der Waals surface area contributed by atoms with Crippen molar-refractivity contribution in [1.82, 2.24) is 9.97 Å². The molecule has 2 rings (SSSR count). The first kappa shape index (κ1) is 14.5. The van der Waals surface area contributed by atoms with Gasteiger partial charge in [0.15, 0.2) is 0 Å². The van der Waals surface area contributed by atoms with E-state index in [9.17, 15) is 4.79 Å². The van der Waals surface area contributed by atoms with Crippen molar-refractivity contribution in [3.05, 3.63) is 11.9 Å². The van der Waals surface area contributed by atoms with Gasteiger partial charge in [-0.05, 0) is 6.92 Å². The average molecular weight is 281 g/mol. The number of ether oxygens (including phenoxy) is 3. The highest BCUT2D eigenvalue weighted by molar-refractivity contribution is 5.69. The van der Waals surface area contributed by atoms with Crippen molar-refractivity contribution in [2.75, 3.05) is 38.8 Å². The van der Waals surface area contributed by atoms with Crippen molar-refractivity contribution in [2.24, 2.45) is 0 Å². The molecule has 0 saturated carbocycles. The molecule has 0 bridgehead atoms. The second-order valence-electron chi connectivity index (χ2n) is 4.53. The van der Waals surface area contributed by atoms with Crippen LogP contribution in [0.15, 0.2) is 6.07 Å². The molecule has 0 N–H and O–H groups in total. The standard InChI is InChI=1S/C13H19N3O4/c1-9-14-11(7-12(15-9)18-2)16-4-5-20-10(8-16)6-13(17)19-3/h7,10H,4-6,8H2,1-3H3. The zero-order valence-corrected chi connectivity index (χ0v) is 12.0. The number of carbonyl (C=O) groups excluding carboxylic acids is 1. The quantitative estimate of drug-likeness (QED) is 0.747. The fourth-order valence-corrected chi connectivity index (χ4v) is 2.11. The van der Waals surface area contributed by atoms with Crippen molar-refractivity contribution in [3.8, 4) is 5.88 Å². The number of hydrogen-bond acceptors (Lipinski definition) is 7.